The van der Waals surface area contributed by atoms with E-state index in [0.29, 0.717) is 29.5 Å². The fourth-order valence-electron chi connectivity index (χ4n) is 4.24. The number of nitrogens with one attached hydrogen (secondary N) is 2. The Hall–Kier alpha value is -4.89. The molecular weight excluding hydrogens is 599 g/mol. The SMILES string of the molecule is COCc1ccc(C)cc1N1C(=O)CS/C1=N\C(=O)Nc1ccc(NCc2ncn(-c3ccc(OC(F)(F)F)cc3)n2)cc1. The summed E-state index contributed by atoms with van der Waals surface area (Å²) in [6.45, 7) is 2.49. The molecule has 11 nitrogen and oxygen atoms in total. The highest BCUT2D eigenvalue weighted by molar-refractivity contribution is 8.15. The normalized spacial score (nSPS) is 14.2. The lowest BCUT2D eigenvalue weighted by Gasteiger charge is -2.20. The van der Waals surface area contributed by atoms with Gasteiger partial charge in [-0.15, -0.1) is 18.3 Å². The largest absolute Gasteiger partial charge is 0.573 e. The fourth-order valence-corrected chi connectivity index (χ4v) is 5.09. The molecule has 0 bridgehead atoms. The van der Waals surface area contributed by atoms with Crippen LogP contribution in [0.2, 0.25) is 0 Å². The van der Waals surface area contributed by atoms with Crippen molar-refractivity contribution in [2.75, 3.05) is 28.4 Å². The fraction of sp³-hybridized carbons (Fsp3) is 0.207. The number of aliphatic imine (C=N–C) groups is 1. The van der Waals surface area contributed by atoms with E-state index in [0.717, 1.165) is 16.8 Å². The third kappa shape index (κ3) is 7.73. The molecule has 4 aromatic rings. The van der Waals surface area contributed by atoms with Crippen LogP contribution in [0.15, 0.2) is 78.0 Å². The average molecular weight is 626 g/mol. The number of urea groups is 1. The first-order chi connectivity index (χ1) is 21.1. The lowest BCUT2D eigenvalue weighted by molar-refractivity contribution is -0.274. The smallest absolute Gasteiger partial charge is 0.406 e. The molecule has 228 valence electrons. The molecule has 2 N–H and O–H groups in total. The topological polar surface area (TPSA) is 123 Å². The molecule has 44 heavy (non-hydrogen) atoms. The van der Waals surface area contributed by atoms with Crippen LogP contribution in [0.5, 0.6) is 5.75 Å². The molecule has 1 aliphatic rings. The number of amidine groups is 1. The Kier molecular flexibility index (Phi) is 9.15. The summed E-state index contributed by atoms with van der Waals surface area (Å²) in [5, 5.41) is 10.5. The zero-order valence-electron chi connectivity index (χ0n) is 23.5. The van der Waals surface area contributed by atoms with E-state index in [2.05, 4.69) is 30.4 Å². The van der Waals surface area contributed by atoms with E-state index < -0.39 is 12.4 Å². The molecule has 0 radical (unpaired) electrons. The summed E-state index contributed by atoms with van der Waals surface area (Å²) in [7, 11) is 1.57. The summed E-state index contributed by atoms with van der Waals surface area (Å²) in [6.07, 6.45) is -3.31. The molecule has 0 unspecified atom stereocenters. The number of hydrogen-bond donors (Lipinski definition) is 2. The van der Waals surface area contributed by atoms with Crippen LogP contribution in [0.3, 0.4) is 0 Å². The number of aromatic nitrogens is 3. The van der Waals surface area contributed by atoms with Gasteiger partial charge in [-0.2, -0.15) is 4.99 Å². The maximum absolute atomic E-state index is 12.8. The molecule has 0 saturated carbocycles. The molecule has 0 atom stereocenters. The number of benzene rings is 3. The highest BCUT2D eigenvalue weighted by atomic mass is 32.2. The van der Waals surface area contributed by atoms with E-state index in [4.69, 9.17) is 4.74 Å². The molecule has 1 aliphatic heterocycles. The van der Waals surface area contributed by atoms with Gasteiger partial charge in [-0.1, -0.05) is 23.9 Å². The number of ether oxygens (including phenoxy) is 2. The van der Waals surface area contributed by atoms with Crippen LogP contribution in [-0.4, -0.2) is 51.1 Å². The molecule has 2 heterocycles. The van der Waals surface area contributed by atoms with Crippen molar-refractivity contribution in [2.24, 2.45) is 4.99 Å². The van der Waals surface area contributed by atoms with Gasteiger partial charge >= 0.3 is 12.4 Å². The van der Waals surface area contributed by atoms with Crippen molar-refractivity contribution in [3.05, 3.63) is 90.0 Å². The summed E-state index contributed by atoms with van der Waals surface area (Å²) < 4.78 is 47.7. The van der Waals surface area contributed by atoms with Gasteiger partial charge in [0, 0.05) is 24.0 Å². The van der Waals surface area contributed by atoms with Crippen LogP contribution in [0.25, 0.3) is 5.69 Å². The van der Waals surface area contributed by atoms with Gasteiger partial charge in [-0.3, -0.25) is 9.69 Å². The van der Waals surface area contributed by atoms with Crippen molar-refractivity contribution in [3.63, 3.8) is 0 Å². The third-order valence-corrected chi connectivity index (χ3v) is 7.13. The van der Waals surface area contributed by atoms with Crippen molar-refractivity contribution < 1.29 is 32.2 Å². The Morgan fingerprint density at radius 1 is 1.07 bits per heavy atom. The average Bonchev–Trinajstić information content (AvgIpc) is 3.60. The third-order valence-electron chi connectivity index (χ3n) is 6.21. The number of halogens is 3. The number of carbonyl (C=O) groups excluding carboxylic acids is 2. The maximum Gasteiger partial charge on any atom is 0.573 e. The minimum absolute atomic E-state index is 0.170. The van der Waals surface area contributed by atoms with Gasteiger partial charge in [0.25, 0.3) is 0 Å². The quantitative estimate of drug-likeness (QED) is 0.236. The Bertz CT molecular complexity index is 1680. The number of alkyl halides is 3. The van der Waals surface area contributed by atoms with Crippen LogP contribution in [0.1, 0.15) is 17.0 Å². The first-order valence-corrected chi connectivity index (χ1v) is 14.1. The molecule has 1 aromatic heterocycles. The number of amides is 3. The molecule has 0 aliphatic carbocycles. The lowest BCUT2D eigenvalue weighted by atomic mass is 10.1. The summed E-state index contributed by atoms with van der Waals surface area (Å²) in [5.74, 6) is 0.115. The summed E-state index contributed by atoms with van der Waals surface area (Å²) in [5.41, 5.74) is 4.14. The van der Waals surface area contributed by atoms with Crippen LogP contribution in [-0.2, 0) is 22.7 Å². The number of aryl methyl sites for hydroxylation is 1. The van der Waals surface area contributed by atoms with Crippen molar-refractivity contribution in [1.82, 2.24) is 14.8 Å². The highest BCUT2D eigenvalue weighted by Crippen LogP contribution is 2.31. The van der Waals surface area contributed by atoms with Crippen LogP contribution in [0, 0.1) is 6.92 Å². The zero-order valence-corrected chi connectivity index (χ0v) is 24.3. The number of carbonyl (C=O) groups is 2. The van der Waals surface area contributed by atoms with Gasteiger partial charge in [-0.25, -0.2) is 14.5 Å². The minimum atomic E-state index is -4.76. The standard InChI is InChI=1S/C29H26F3N7O4S/c1-18-3-4-19(15-42-2)24(13-18)39-26(40)16-44-28(39)36-27(41)35-21-7-5-20(6-8-21)33-14-25-34-17-38(37-25)22-9-11-23(12-10-22)43-29(30,31)32/h3-13,17,33H,14-16H2,1-2H3,(H,35,41)/b36-28-. The van der Waals surface area contributed by atoms with Crippen molar-refractivity contribution in [1.29, 1.82) is 0 Å². The van der Waals surface area contributed by atoms with Crippen LogP contribution < -0.4 is 20.3 Å². The second kappa shape index (κ2) is 13.2. The van der Waals surface area contributed by atoms with Gasteiger partial charge in [0.15, 0.2) is 11.0 Å². The summed E-state index contributed by atoms with van der Waals surface area (Å²) in [6, 6.07) is 17.2. The predicted octanol–water partition coefficient (Wildman–Crippen LogP) is 5.90. The number of rotatable bonds is 9. The van der Waals surface area contributed by atoms with E-state index in [9.17, 15) is 22.8 Å². The van der Waals surface area contributed by atoms with Crippen LogP contribution >= 0.6 is 11.8 Å². The number of anilines is 3. The number of nitrogens with zero attached hydrogens (tertiary/aromatic N) is 5. The van der Waals surface area contributed by atoms with Gasteiger partial charge in [0.05, 0.1) is 30.3 Å². The van der Waals surface area contributed by atoms with Gasteiger partial charge in [0.1, 0.15) is 12.1 Å². The summed E-state index contributed by atoms with van der Waals surface area (Å²) >= 11 is 1.19. The van der Waals surface area contributed by atoms with Crippen molar-refractivity contribution in [3.8, 4) is 11.4 Å². The molecule has 3 aromatic carbocycles. The van der Waals surface area contributed by atoms with E-state index in [1.807, 2.05) is 25.1 Å². The van der Waals surface area contributed by atoms with E-state index in [1.54, 1.807) is 31.4 Å². The van der Waals surface area contributed by atoms with Gasteiger partial charge < -0.3 is 20.1 Å². The number of methoxy groups -OCH3 is 1. The monoisotopic (exact) mass is 625 g/mol. The molecule has 5 rings (SSSR count). The Morgan fingerprint density at radius 3 is 2.50 bits per heavy atom. The first-order valence-electron chi connectivity index (χ1n) is 13.1. The minimum Gasteiger partial charge on any atom is -0.406 e. The van der Waals surface area contributed by atoms with Gasteiger partial charge in [0.2, 0.25) is 5.91 Å². The number of thioether (sulfide) groups is 1. The Balaban J connectivity index is 1.17. The number of hydrogen-bond acceptors (Lipinski definition) is 8. The lowest BCUT2D eigenvalue weighted by Crippen LogP contribution is -2.31. The molecule has 3 amide bonds. The summed E-state index contributed by atoms with van der Waals surface area (Å²) in [4.78, 5) is 35.3. The zero-order chi connectivity index (χ0) is 31.3. The molecule has 0 spiro atoms. The second-order valence-corrected chi connectivity index (χ2v) is 10.4. The van der Waals surface area contributed by atoms with Crippen LogP contribution in [0.4, 0.5) is 35.0 Å². The Morgan fingerprint density at radius 2 is 1.80 bits per heavy atom. The van der Waals surface area contributed by atoms with Gasteiger partial charge in [-0.05, 0) is 67.1 Å². The predicted molar refractivity (Wildman–Crippen MR) is 160 cm³/mol. The van der Waals surface area contributed by atoms with Crippen molar-refractivity contribution in [2.45, 2.75) is 26.4 Å². The Labute approximate surface area is 254 Å². The van der Waals surface area contributed by atoms with E-state index in [-0.39, 0.29) is 29.1 Å². The van der Waals surface area contributed by atoms with E-state index in [1.165, 1.54) is 51.9 Å². The van der Waals surface area contributed by atoms with E-state index >= 15 is 0 Å². The molecular formula is C29H26F3N7O4S. The second-order valence-electron chi connectivity index (χ2n) is 9.49. The molecule has 15 heteroatoms. The molecule has 1 fully saturated rings. The maximum atomic E-state index is 12.8. The highest BCUT2D eigenvalue weighted by Gasteiger charge is 2.32. The van der Waals surface area contributed by atoms with Crippen molar-refractivity contribution >= 4 is 45.9 Å². The molecule has 1 saturated heterocycles. The first kappa shape index (κ1) is 30.6.